The van der Waals surface area contributed by atoms with E-state index in [0.29, 0.717) is 11.4 Å². The molecule has 0 unspecified atom stereocenters. The predicted octanol–water partition coefficient (Wildman–Crippen LogP) is 5.08. The third-order valence-electron chi connectivity index (χ3n) is 5.19. The lowest BCUT2D eigenvalue weighted by Crippen LogP contribution is -2.28. The summed E-state index contributed by atoms with van der Waals surface area (Å²) in [6.45, 7) is 3.87. The molecule has 2 amide bonds. The summed E-state index contributed by atoms with van der Waals surface area (Å²) in [4.78, 5) is 35.5. The number of carbonyl (C=O) groups is 2. The zero-order valence-electron chi connectivity index (χ0n) is 19.1. The number of anilines is 1. The summed E-state index contributed by atoms with van der Waals surface area (Å²) in [6, 6.07) is 13.1. The van der Waals surface area contributed by atoms with Gasteiger partial charge in [-0.05, 0) is 49.7 Å². The zero-order valence-corrected chi connectivity index (χ0v) is 20.7. The number of carbonyl (C=O) groups excluding carboxylic acids is 2. The average Bonchev–Trinajstić information content (AvgIpc) is 3.42. The number of nitro groups is 1. The minimum Gasteiger partial charge on any atom is -0.455 e. The number of thioether (sulfide) groups is 1. The van der Waals surface area contributed by atoms with Crippen LogP contribution in [-0.4, -0.2) is 33.4 Å². The molecule has 10 nitrogen and oxygen atoms in total. The van der Waals surface area contributed by atoms with E-state index in [4.69, 9.17) is 16.0 Å². The molecule has 2 N–H and O–H groups in total. The molecule has 1 fully saturated rings. The van der Waals surface area contributed by atoms with Gasteiger partial charge in [-0.1, -0.05) is 41.1 Å². The number of aryl methyl sites for hydroxylation is 2. The molecule has 1 saturated heterocycles. The van der Waals surface area contributed by atoms with Crippen molar-refractivity contribution in [1.29, 1.82) is 0 Å². The SMILES string of the molecule is Cc1ccc(NC(=O)C[C@@H]2S/C(=N/N=C\c3ccc(-c4ccc(Cl)cc4[N+](=O)[O-])o3)NC2=O)c(C)c1. The van der Waals surface area contributed by atoms with Crippen molar-refractivity contribution in [2.45, 2.75) is 25.5 Å². The number of nitrogens with zero attached hydrogens (tertiary/aromatic N) is 3. The van der Waals surface area contributed by atoms with Crippen LogP contribution in [0.5, 0.6) is 0 Å². The Balaban J connectivity index is 1.37. The van der Waals surface area contributed by atoms with E-state index in [0.717, 1.165) is 22.9 Å². The second-order valence-electron chi connectivity index (χ2n) is 7.94. The molecule has 2 heterocycles. The molecule has 0 bridgehead atoms. The number of furan rings is 1. The van der Waals surface area contributed by atoms with Crippen LogP contribution in [0.4, 0.5) is 11.4 Å². The zero-order chi connectivity index (χ0) is 25.8. The Bertz CT molecular complexity index is 1420. The number of halogens is 1. The molecule has 1 aliphatic rings. The summed E-state index contributed by atoms with van der Waals surface area (Å²) in [5.41, 5.74) is 2.83. The monoisotopic (exact) mass is 525 g/mol. The molecule has 2 aromatic carbocycles. The number of hydrogen-bond donors (Lipinski definition) is 2. The highest BCUT2D eigenvalue weighted by atomic mass is 35.5. The van der Waals surface area contributed by atoms with Gasteiger partial charge in [0.05, 0.1) is 16.7 Å². The first-order valence-corrected chi connectivity index (χ1v) is 11.9. The van der Waals surface area contributed by atoms with Gasteiger partial charge in [0.1, 0.15) is 16.8 Å². The van der Waals surface area contributed by atoms with Crippen molar-refractivity contribution < 1.29 is 18.9 Å². The maximum Gasteiger partial charge on any atom is 0.281 e. The average molecular weight is 526 g/mol. The van der Waals surface area contributed by atoms with Gasteiger partial charge in [-0.3, -0.25) is 19.7 Å². The van der Waals surface area contributed by atoms with Crippen LogP contribution in [0.15, 0.2) is 63.2 Å². The van der Waals surface area contributed by atoms with Crippen LogP contribution in [-0.2, 0) is 9.59 Å². The van der Waals surface area contributed by atoms with Crippen LogP contribution in [0, 0.1) is 24.0 Å². The first-order chi connectivity index (χ1) is 17.2. The van der Waals surface area contributed by atoms with Crippen LogP contribution in [0.1, 0.15) is 23.3 Å². The minimum atomic E-state index is -0.634. The Morgan fingerprint density at radius 3 is 2.81 bits per heavy atom. The van der Waals surface area contributed by atoms with Crippen molar-refractivity contribution in [2.75, 3.05) is 5.32 Å². The maximum atomic E-state index is 12.4. The van der Waals surface area contributed by atoms with E-state index in [1.807, 2.05) is 32.0 Å². The van der Waals surface area contributed by atoms with Crippen LogP contribution >= 0.6 is 23.4 Å². The Morgan fingerprint density at radius 2 is 2.06 bits per heavy atom. The summed E-state index contributed by atoms with van der Waals surface area (Å²) >= 11 is 6.96. The van der Waals surface area contributed by atoms with Crippen molar-refractivity contribution in [3.05, 3.63) is 80.6 Å². The van der Waals surface area contributed by atoms with Crippen molar-refractivity contribution in [2.24, 2.45) is 10.2 Å². The second-order valence-corrected chi connectivity index (χ2v) is 9.56. The number of rotatable bonds is 7. The summed E-state index contributed by atoms with van der Waals surface area (Å²) in [6.07, 6.45) is 1.29. The molecule has 0 spiro atoms. The van der Waals surface area contributed by atoms with Gasteiger partial charge >= 0.3 is 0 Å². The molecule has 1 aliphatic heterocycles. The van der Waals surface area contributed by atoms with E-state index in [2.05, 4.69) is 20.8 Å². The number of hydrogen-bond acceptors (Lipinski definition) is 8. The first-order valence-electron chi connectivity index (χ1n) is 10.7. The molecule has 184 valence electrons. The Labute approximate surface area is 215 Å². The van der Waals surface area contributed by atoms with Gasteiger partial charge in [0, 0.05) is 23.2 Å². The molecule has 0 saturated carbocycles. The van der Waals surface area contributed by atoms with Crippen molar-refractivity contribution in [3.8, 4) is 11.3 Å². The van der Waals surface area contributed by atoms with E-state index >= 15 is 0 Å². The summed E-state index contributed by atoms with van der Waals surface area (Å²) in [5, 5.41) is 24.5. The lowest BCUT2D eigenvalue weighted by molar-refractivity contribution is -0.384. The van der Waals surface area contributed by atoms with Gasteiger partial charge in [0.2, 0.25) is 11.8 Å². The third kappa shape index (κ3) is 5.99. The van der Waals surface area contributed by atoms with E-state index in [1.165, 1.54) is 24.4 Å². The molecule has 4 rings (SSSR count). The highest BCUT2D eigenvalue weighted by Gasteiger charge is 2.32. The van der Waals surface area contributed by atoms with Crippen molar-refractivity contribution in [3.63, 3.8) is 0 Å². The molecule has 1 aromatic heterocycles. The smallest absolute Gasteiger partial charge is 0.281 e. The molecule has 1 atom stereocenters. The van der Waals surface area contributed by atoms with Gasteiger partial charge in [-0.2, -0.15) is 5.10 Å². The fourth-order valence-electron chi connectivity index (χ4n) is 3.48. The predicted molar refractivity (Wildman–Crippen MR) is 140 cm³/mol. The number of amides is 2. The minimum absolute atomic E-state index is 0.0199. The Hall–Kier alpha value is -3.96. The standard InChI is InChI=1S/C24H20ClN5O5S/c1-13-3-7-18(14(2)9-13)27-22(31)11-21-23(32)28-24(36-21)29-26-12-16-5-8-20(35-16)17-6-4-15(25)10-19(17)30(33)34/h3-10,12,21H,11H2,1-2H3,(H,27,31)(H,28,29,32)/b26-12-/t21-/m0/s1. The Morgan fingerprint density at radius 1 is 1.25 bits per heavy atom. The molecule has 0 aliphatic carbocycles. The summed E-state index contributed by atoms with van der Waals surface area (Å²) in [7, 11) is 0. The normalized spacial score (nSPS) is 16.5. The maximum absolute atomic E-state index is 12.4. The van der Waals surface area contributed by atoms with E-state index < -0.39 is 10.2 Å². The third-order valence-corrected chi connectivity index (χ3v) is 6.49. The van der Waals surface area contributed by atoms with Gasteiger partial charge in [0.15, 0.2) is 5.17 Å². The Kier molecular flexibility index (Phi) is 7.51. The first kappa shape index (κ1) is 25.1. The quantitative estimate of drug-likeness (QED) is 0.250. The number of nitro benzene ring substituents is 1. The van der Waals surface area contributed by atoms with Crippen LogP contribution in [0.2, 0.25) is 5.02 Å². The lowest BCUT2D eigenvalue weighted by atomic mass is 10.1. The van der Waals surface area contributed by atoms with Crippen LogP contribution in [0.25, 0.3) is 11.3 Å². The topological polar surface area (TPSA) is 139 Å². The molecule has 36 heavy (non-hydrogen) atoms. The van der Waals surface area contributed by atoms with Crippen molar-refractivity contribution >= 4 is 57.9 Å². The molecule has 0 radical (unpaired) electrons. The summed E-state index contributed by atoms with van der Waals surface area (Å²) in [5.74, 6) is -0.0398. The van der Waals surface area contributed by atoms with Crippen molar-refractivity contribution in [1.82, 2.24) is 5.32 Å². The highest BCUT2D eigenvalue weighted by Crippen LogP contribution is 2.33. The highest BCUT2D eigenvalue weighted by molar-refractivity contribution is 8.15. The molecule has 3 aromatic rings. The lowest BCUT2D eigenvalue weighted by Gasteiger charge is -2.10. The van der Waals surface area contributed by atoms with Gasteiger partial charge in [0.25, 0.3) is 5.69 Å². The number of amidine groups is 1. The number of benzene rings is 2. The number of nitrogens with one attached hydrogen (secondary N) is 2. The fourth-order valence-corrected chi connectivity index (χ4v) is 4.57. The van der Waals surface area contributed by atoms with E-state index in [1.54, 1.807) is 12.1 Å². The van der Waals surface area contributed by atoms with Gasteiger partial charge < -0.3 is 15.1 Å². The van der Waals surface area contributed by atoms with Gasteiger partial charge in [-0.25, -0.2) is 0 Å². The van der Waals surface area contributed by atoms with Gasteiger partial charge in [-0.15, -0.1) is 5.10 Å². The molecular formula is C24H20ClN5O5S. The van der Waals surface area contributed by atoms with Crippen LogP contribution < -0.4 is 10.6 Å². The fraction of sp³-hybridized carbons (Fsp3) is 0.167. The van der Waals surface area contributed by atoms with E-state index in [9.17, 15) is 19.7 Å². The second kappa shape index (κ2) is 10.8. The molecule has 12 heteroatoms. The largest absolute Gasteiger partial charge is 0.455 e. The molecular weight excluding hydrogens is 506 g/mol. The van der Waals surface area contributed by atoms with Crippen LogP contribution in [0.3, 0.4) is 0 Å². The van der Waals surface area contributed by atoms with E-state index in [-0.39, 0.29) is 45.4 Å². The summed E-state index contributed by atoms with van der Waals surface area (Å²) < 4.78 is 5.62.